The van der Waals surface area contributed by atoms with Gasteiger partial charge in [0.25, 0.3) is 0 Å². The molecule has 0 amide bonds. The fraction of sp³-hybridized carbons (Fsp3) is 0.714. The van der Waals surface area contributed by atoms with Gasteiger partial charge in [0, 0.05) is 31.7 Å². The zero-order chi connectivity index (χ0) is 13.5. The lowest BCUT2D eigenvalue weighted by atomic mass is 10.1. The van der Waals surface area contributed by atoms with E-state index in [-0.39, 0.29) is 0 Å². The van der Waals surface area contributed by atoms with E-state index in [2.05, 4.69) is 39.3 Å². The van der Waals surface area contributed by atoms with Crippen molar-refractivity contribution in [3.05, 3.63) is 12.4 Å². The number of nitrogens with one attached hydrogen (secondary N) is 2. The van der Waals surface area contributed by atoms with Crippen LogP contribution in [0.5, 0.6) is 0 Å². The molecular weight excluding hydrogens is 238 g/mol. The first-order valence-electron chi connectivity index (χ1n) is 7.37. The maximum absolute atomic E-state index is 4.33. The van der Waals surface area contributed by atoms with E-state index in [0.29, 0.717) is 6.04 Å². The lowest BCUT2D eigenvalue weighted by molar-refractivity contribution is 0.574. The Hall–Kier alpha value is -1.36. The van der Waals surface area contributed by atoms with Gasteiger partial charge < -0.3 is 15.5 Å². The average molecular weight is 263 g/mol. The van der Waals surface area contributed by atoms with Gasteiger partial charge in [-0.25, -0.2) is 9.97 Å². The summed E-state index contributed by atoms with van der Waals surface area (Å²) in [5.74, 6) is 1.93. The van der Waals surface area contributed by atoms with Gasteiger partial charge in [-0.05, 0) is 39.7 Å². The lowest BCUT2D eigenvalue weighted by Gasteiger charge is -2.20. The first-order chi connectivity index (χ1) is 9.33. The molecule has 0 aliphatic carbocycles. The van der Waals surface area contributed by atoms with Crippen LogP contribution in [-0.2, 0) is 0 Å². The van der Waals surface area contributed by atoms with Crippen molar-refractivity contribution < 1.29 is 0 Å². The molecule has 0 spiro atoms. The summed E-state index contributed by atoms with van der Waals surface area (Å²) in [5.41, 5.74) is 0. The fourth-order valence-electron chi connectivity index (χ4n) is 2.54. The van der Waals surface area contributed by atoms with E-state index in [1.165, 1.54) is 19.4 Å². The molecule has 5 heteroatoms. The monoisotopic (exact) mass is 263 g/mol. The van der Waals surface area contributed by atoms with E-state index in [1.807, 2.05) is 6.07 Å². The minimum atomic E-state index is 0.677. The number of anilines is 2. The molecule has 19 heavy (non-hydrogen) atoms. The molecule has 1 aliphatic heterocycles. The van der Waals surface area contributed by atoms with Gasteiger partial charge in [0.2, 0.25) is 0 Å². The quantitative estimate of drug-likeness (QED) is 0.786. The summed E-state index contributed by atoms with van der Waals surface area (Å²) in [4.78, 5) is 10.8. The molecular formula is C14H25N5. The molecule has 0 bridgehead atoms. The fourth-order valence-corrected chi connectivity index (χ4v) is 2.54. The van der Waals surface area contributed by atoms with Crippen LogP contribution >= 0.6 is 0 Å². The summed E-state index contributed by atoms with van der Waals surface area (Å²) in [6.45, 7) is 8.36. The zero-order valence-electron chi connectivity index (χ0n) is 12.0. The van der Waals surface area contributed by atoms with Gasteiger partial charge in [-0.15, -0.1) is 0 Å². The van der Waals surface area contributed by atoms with Crippen LogP contribution < -0.4 is 15.5 Å². The first-order valence-corrected chi connectivity index (χ1v) is 7.37. The SMILES string of the molecule is CCN(CC)c1cc(NCCC2CCCN2)ncn1. The Morgan fingerprint density at radius 2 is 2.21 bits per heavy atom. The molecule has 1 atom stereocenters. The summed E-state index contributed by atoms with van der Waals surface area (Å²) >= 11 is 0. The third-order valence-corrected chi connectivity index (χ3v) is 3.70. The van der Waals surface area contributed by atoms with E-state index in [1.54, 1.807) is 6.33 Å². The van der Waals surface area contributed by atoms with Crippen molar-refractivity contribution >= 4 is 11.6 Å². The van der Waals surface area contributed by atoms with Gasteiger partial charge in [0.1, 0.15) is 18.0 Å². The number of rotatable bonds is 7. The summed E-state index contributed by atoms with van der Waals surface area (Å²) in [6, 6.07) is 2.71. The number of aromatic nitrogens is 2. The molecule has 1 aromatic heterocycles. The van der Waals surface area contributed by atoms with Crippen LogP contribution in [0.2, 0.25) is 0 Å². The highest BCUT2D eigenvalue weighted by Gasteiger charge is 2.13. The number of hydrogen-bond donors (Lipinski definition) is 2. The second-order valence-electron chi connectivity index (χ2n) is 4.94. The molecule has 0 aromatic carbocycles. The maximum Gasteiger partial charge on any atom is 0.134 e. The molecule has 1 aromatic rings. The van der Waals surface area contributed by atoms with Crippen LogP contribution in [0, 0.1) is 0 Å². The van der Waals surface area contributed by atoms with Gasteiger partial charge in [0.05, 0.1) is 0 Å². The van der Waals surface area contributed by atoms with Crippen molar-refractivity contribution in [3.8, 4) is 0 Å². The Balaban J connectivity index is 1.84. The van der Waals surface area contributed by atoms with E-state index < -0.39 is 0 Å². The second kappa shape index (κ2) is 7.28. The van der Waals surface area contributed by atoms with E-state index >= 15 is 0 Å². The van der Waals surface area contributed by atoms with Gasteiger partial charge in [-0.2, -0.15) is 0 Å². The summed E-state index contributed by atoms with van der Waals surface area (Å²) in [6.07, 6.45) is 5.41. The molecule has 0 radical (unpaired) electrons. The number of hydrogen-bond acceptors (Lipinski definition) is 5. The lowest BCUT2D eigenvalue weighted by Crippen LogP contribution is -2.25. The Bertz CT molecular complexity index is 372. The maximum atomic E-state index is 4.33. The molecule has 1 fully saturated rings. The second-order valence-corrected chi connectivity index (χ2v) is 4.94. The Labute approximate surface area is 115 Å². The highest BCUT2D eigenvalue weighted by molar-refractivity contribution is 5.48. The first kappa shape index (κ1) is 14.1. The highest BCUT2D eigenvalue weighted by Crippen LogP contribution is 2.14. The van der Waals surface area contributed by atoms with Crippen LogP contribution in [0.15, 0.2) is 12.4 Å². The Morgan fingerprint density at radius 1 is 1.37 bits per heavy atom. The summed E-state index contributed by atoms with van der Waals surface area (Å²) in [7, 11) is 0. The average Bonchev–Trinajstić information content (AvgIpc) is 2.94. The topological polar surface area (TPSA) is 53.1 Å². The molecule has 5 nitrogen and oxygen atoms in total. The minimum absolute atomic E-state index is 0.677. The summed E-state index contributed by atoms with van der Waals surface area (Å²) < 4.78 is 0. The van der Waals surface area contributed by atoms with Crippen molar-refractivity contribution in [3.63, 3.8) is 0 Å². The van der Waals surface area contributed by atoms with Gasteiger partial charge >= 0.3 is 0 Å². The molecule has 2 rings (SSSR count). The van der Waals surface area contributed by atoms with E-state index in [4.69, 9.17) is 0 Å². The third-order valence-electron chi connectivity index (χ3n) is 3.70. The predicted octanol–water partition coefficient (Wildman–Crippen LogP) is 1.88. The zero-order valence-corrected chi connectivity index (χ0v) is 12.0. The normalized spacial score (nSPS) is 18.5. The van der Waals surface area contributed by atoms with Crippen LogP contribution in [0.1, 0.15) is 33.1 Å². The van der Waals surface area contributed by atoms with Crippen LogP contribution in [0.25, 0.3) is 0 Å². The Kier molecular flexibility index (Phi) is 5.39. The largest absolute Gasteiger partial charge is 0.370 e. The van der Waals surface area contributed by atoms with Crippen LogP contribution in [0.4, 0.5) is 11.6 Å². The van der Waals surface area contributed by atoms with E-state index in [0.717, 1.165) is 37.7 Å². The van der Waals surface area contributed by atoms with Crippen molar-refractivity contribution in [2.75, 3.05) is 36.4 Å². The van der Waals surface area contributed by atoms with Crippen LogP contribution in [0.3, 0.4) is 0 Å². The van der Waals surface area contributed by atoms with Gasteiger partial charge in [-0.1, -0.05) is 0 Å². The minimum Gasteiger partial charge on any atom is -0.370 e. The molecule has 1 aliphatic rings. The van der Waals surface area contributed by atoms with E-state index in [9.17, 15) is 0 Å². The van der Waals surface area contributed by atoms with Crippen LogP contribution in [-0.4, -0.2) is 42.2 Å². The number of nitrogens with zero attached hydrogens (tertiary/aromatic N) is 3. The molecule has 1 saturated heterocycles. The van der Waals surface area contributed by atoms with Crippen molar-refractivity contribution in [1.29, 1.82) is 0 Å². The molecule has 106 valence electrons. The molecule has 0 saturated carbocycles. The standard InChI is InChI=1S/C14H25N5/c1-3-19(4-2)14-10-13(17-11-18-14)16-9-7-12-6-5-8-15-12/h10-12,15H,3-9H2,1-2H3,(H,16,17,18). The Morgan fingerprint density at radius 3 is 2.89 bits per heavy atom. The molecule has 2 N–H and O–H groups in total. The van der Waals surface area contributed by atoms with Gasteiger partial charge in [-0.3, -0.25) is 0 Å². The molecule has 2 heterocycles. The predicted molar refractivity (Wildman–Crippen MR) is 79.7 cm³/mol. The van der Waals surface area contributed by atoms with Gasteiger partial charge in [0.15, 0.2) is 0 Å². The van der Waals surface area contributed by atoms with Crippen molar-refractivity contribution in [1.82, 2.24) is 15.3 Å². The third kappa shape index (κ3) is 4.06. The van der Waals surface area contributed by atoms with Crippen molar-refractivity contribution in [2.45, 2.75) is 39.2 Å². The smallest absolute Gasteiger partial charge is 0.134 e. The molecule has 1 unspecified atom stereocenters. The highest BCUT2D eigenvalue weighted by atomic mass is 15.2. The van der Waals surface area contributed by atoms with Crippen molar-refractivity contribution in [2.24, 2.45) is 0 Å². The summed E-state index contributed by atoms with van der Waals surface area (Å²) in [5, 5.41) is 6.91.